The van der Waals surface area contributed by atoms with Crippen LogP contribution in [0.4, 0.5) is 4.79 Å². The predicted molar refractivity (Wildman–Crippen MR) is 78.5 cm³/mol. The Hall–Kier alpha value is -1.26. The molecular weight excluding hydrogens is 256 g/mol. The number of ether oxygens (including phenoxy) is 1. The van der Waals surface area contributed by atoms with Gasteiger partial charge in [0.2, 0.25) is 5.91 Å². The smallest absolute Gasteiger partial charge is 0.409 e. The number of amides is 2. The molecule has 20 heavy (non-hydrogen) atoms. The van der Waals surface area contributed by atoms with Crippen molar-refractivity contribution in [1.29, 1.82) is 0 Å². The first-order chi connectivity index (χ1) is 9.63. The summed E-state index contributed by atoms with van der Waals surface area (Å²) in [5.41, 5.74) is 0. The van der Waals surface area contributed by atoms with E-state index in [4.69, 9.17) is 4.74 Å². The molecule has 5 nitrogen and oxygen atoms in total. The lowest BCUT2D eigenvalue weighted by molar-refractivity contribution is -0.137. The number of carbonyl (C=O) groups excluding carboxylic acids is 2. The molecule has 0 aromatic heterocycles. The molecule has 2 amide bonds. The fourth-order valence-corrected chi connectivity index (χ4v) is 2.40. The van der Waals surface area contributed by atoms with Gasteiger partial charge < -0.3 is 14.5 Å². The molecule has 0 bridgehead atoms. The molecule has 1 rings (SSSR count). The van der Waals surface area contributed by atoms with E-state index in [1.165, 1.54) is 0 Å². The minimum Gasteiger partial charge on any atom is -0.449 e. The van der Waals surface area contributed by atoms with Crippen LogP contribution in [0.2, 0.25) is 0 Å². The molecule has 1 aliphatic rings. The summed E-state index contributed by atoms with van der Waals surface area (Å²) in [6.07, 6.45) is 3.45. The van der Waals surface area contributed by atoms with Gasteiger partial charge >= 0.3 is 6.09 Å². The summed E-state index contributed by atoms with van der Waals surface area (Å²) in [5.74, 6) is 0.354. The fourth-order valence-electron chi connectivity index (χ4n) is 2.40. The van der Waals surface area contributed by atoms with Crippen molar-refractivity contribution < 1.29 is 14.3 Å². The molecule has 1 heterocycles. The zero-order valence-corrected chi connectivity index (χ0v) is 13.1. The topological polar surface area (TPSA) is 49.9 Å². The van der Waals surface area contributed by atoms with Gasteiger partial charge in [-0.25, -0.2) is 4.79 Å². The zero-order valence-electron chi connectivity index (χ0n) is 13.1. The lowest BCUT2D eigenvalue weighted by Gasteiger charge is -2.35. The van der Waals surface area contributed by atoms with E-state index in [9.17, 15) is 9.59 Å². The SMILES string of the molecule is CCCCOC(=O)N1CCN(C(=O)C(CC)CC)CC1. The van der Waals surface area contributed by atoms with Gasteiger partial charge in [0.05, 0.1) is 6.61 Å². The molecule has 0 N–H and O–H groups in total. The lowest BCUT2D eigenvalue weighted by atomic mass is 10.0. The predicted octanol–water partition coefficient (Wildman–Crippen LogP) is 2.50. The maximum atomic E-state index is 12.2. The minimum absolute atomic E-state index is 0.123. The third-order valence-electron chi connectivity index (χ3n) is 3.91. The van der Waals surface area contributed by atoms with Gasteiger partial charge in [0.15, 0.2) is 0 Å². The summed E-state index contributed by atoms with van der Waals surface area (Å²) >= 11 is 0. The highest BCUT2D eigenvalue weighted by Gasteiger charge is 2.27. The fraction of sp³-hybridized carbons (Fsp3) is 0.867. The summed E-state index contributed by atoms with van der Waals surface area (Å²) in [5, 5.41) is 0. The Morgan fingerprint density at radius 1 is 1.00 bits per heavy atom. The standard InChI is InChI=1S/C15H28N2O3/c1-4-7-12-20-15(19)17-10-8-16(9-11-17)14(18)13(5-2)6-3/h13H,4-12H2,1-3H3. The van der Waals surface area contributed by atoms with Crippen molar-refractivity contribution in [3.63, 3.8) is 0 Å². The van der Waals surface area contributed by atoms with Crippen LogP contribution in [-0.2, 0) is 9.53 Å². The van der Waals surface area contributed by atoms with Crippen LogP contribution < -0.4 is 0 Å². The Kier molecular flexibility index (Phi) is 7.41. The molecular formula is C15H28N2O3. The van der Waals surface area contributed by atoms with Crippen molar-refractivity contribution in [2.24, 2.45) is 5.92 Å². The maximum Gasteiger partial charge on any atom is 0.409 e. The quantitative estimate of drug-likeness (QED) is 0.704. The molecule has 0 unspecified atom stereocenters. The summed E-state index contributed by atoms with van der Waals surface area (Å²) in [4.78, 5) is 27.6. The monoisotopic (exact) mass is 284 g/mol. The molecule has 0 aromatic rings. The minimum atomic E-state index is -0.243. The molecule has 5 heteroatoms. The molecule has 0 atom stereocenters. The van der Waals surface area contributed by atoms with Crippen molar-refractivity contribution in [2.75, 3.05) is 32.8 Å². The third-order valence-corrected chi connectivity index (χ3v) is 3.91. The third kappa shape index (κ3) is 4.69. The molecule has 116 valence electrons. The molecule has 0 aromatic carbocycles. The van der Waals surface area contributed by atoms with Crippen molar-refractivity contribution in [1.82, 2.24) is 9.80 Å². The van der Waals surface area contributed by atoms with Gasteiger partial charge in [0.1, 0.15) is 0 Å². The number of rotatable bonds is 6. The number of unbranched alkanes of at least 4 members (excludes halogenated alkanes) is 1. The Balaban J connectivity index is 2.35. The average molecular weight is 284 g/mol. The highest BCUT2D eigenvalue weighted by molar-refractivity contribution is 5.79. The second-order valence-corrected chi connectivity index (χ2v) is 5.29. The van der Waals surface area contributed by atoms with Crippen molar-refractivity contribution in [2.45, 2.75) is 46.5 Å². The summed E-state index contributed by atoms with van der Waals surface area (Å²) < 4.78 is 5.19. The Bertz CT molecular complexity index is 308. The van der Waals surface area contributed by atoms with E-state index >= 15 is 0 Å². The highest BCUT2D eigenvalue weighted by atomic mass is 16.6. The van der Waals surface area contributed by atoms with Crippen molar-refractivity contribution >= 4 is 12.0 Å². The van der Waals surface area contributed by atoms with E-state index in [0.717, 1.165) is 25.7 Å². The molecule has 1 fully saturated rings. The van der Waals surface area contributed by atoms with Crippen LogP contribution in [0.3, 0.4) is 0 Å². The number of nitrogens with zero attached hydrogens (tertiary/aromatic N) is 2. The van der Waals surface area contributed by atoms with E-state index in [0.29, 0.717) is 32.8 Å². The van der Waals surface area contributed by atoms with E-state index in [1.54, 1.807) is 4.90 Å². The van der Waals surface area contributed by atoms with Crippen LogP contribution in [-0.4, -0.2) is 54.6 Å². The highest BCUT2D eigenvalue weighted by Crippen LogP contribution is 2.14. The van der Waals surface area contributed by atoms with E-state index < -0.39 is 0 Å². The number of hydrogen-bond donors (Lipinski definition) is 0. The number of carbonyl (C=O) groups is 2. The Labute approximate surface area is 122 Å². The van der Waals surface area contributed by atoms with Gasteiger partial charge in [-0.1, -0.05) is 27.2 Å². The number of piperazine rings is 1. The summed E-state index contributed by atoms with van der Waals surface area (Å²) in [6, 6.07) is 0. The Morgan fingerprint density at radius 3 is 2.05 bits per heavy atom. The van der Waals surface area contributed by atoms with Crippen LogP contribution in [0.5, 0.6) is 0 Å². The second kappa shape index (κ2) is 8.82. The molecule has 1 aliphatic heterocycles. The molecule has 0 aliphatic carbocycles. The van der Waals surface area contributed by atoms with Gasteiger partial charge in [0, 0.05) is 32.1 Å². The van der Waals surface area contributed by atoms with Crippen LogP contribution in [0.1, 0.15) is 46.5 Å². The lowest BCUT2D eigenvalue weighted by Crippen LogP contribution is -2.52. The normalized spacial score (nSPS) is 15.6. The van der Waals surface area contributed by atoms with E-state index in [1.807, 2.05) is 18.7 Å². The maximum absolute atomic E-state index is 12.2. The molecule has 0 spiro atoms. The summed E-state index contributed by atoms with van der Waals surface area (Å²) in [6.45, 7) is 9.06. The van der Waals surface area contributed by atoms with Gasteiger partial charge in [-0.3, -0.25) is 4.79 Å². The molecule has 0 saturated carbocycles. The zero-order chi connectivity index (χ0) is 15.0. The van der Waals surface area contributed by atoms with Gasteiger partial charge in [0.25, 0.3) is 0 Å². The van der Waals surface area contributed by atoms with Crippen LogP contribution >= 0.6 is 0 Å². The molecule has 0 radical (unpaired) electrons. The first kappa shape index (κ1) is 16.8. The Morgan fingerprint density at radius 2 is 1.55 bits per heavy atom. The average Bonchev–Trinajstić information content (AvgIpc) is 2.48. The van der Waals surface area contributed by atoms with Crippen LogP contribution in [0.25, 0.3) is 0 Å². The van der Waals surface area contributed by atoms with Gasteiger partial charge in [-0.2, -0.15) is 0 Å². The van der Waals surface area contributed by atoms with Gasteiger partial charge in [-0.05, 0) is 19.3 Å². The first-order valence-electron chi connectivity index (χ1n) is 7.84. The second-order valence-electron chi connectivity index (χ2n) is 5.29. The van der Waals surface area contributed by atoms with Crippen molar-refractivity contribution in [3.8, 4) is 0 Å². The van der Waals surface area contributed by atoms with E-state index in [2.05, 4.69) is 6.92 Å². The number of hydrogen-bond acceptors (Lipinski definition) is 3. The summed E-state index contributed by atoms with van der Waals surface area (Å²) in [7, 11) is 0. The van der Waals surface area contributed by atoms with Gasteiger partial charge in [-0.15, -0.1) is 0 Å². The van der Waals surface area contributed by atoms with Crippen LogP contribution in [0, 0.1) is 5.92 Å². The largest absolute Gasteiger partial charge is 0.449 e. The van der Waals surface area contributed by atoms with Crippen molar-refractivity contribution in [3.05, 3.63) is 0 Å². The van der Waals surface area contributed by atoms with E-state index in [-0.39, 0.29) is 17.9 Å². The molecule has 1 saturated heterocycles. The first-order valence-corrected chi connectivity index (χ1v) is 7.84. The van der Waals surface area contributed by atoms with Crippen LogP contribution in [0.15, 0.2) is 0 Å².